The Morgan fingerprint density at radius 1 is 1.42 bits per heavy atom. The van der Waals surface area contributed by atoms with E-state index in [0.717, 1.165) is 5.56 Å². The molecule has 98 valence electrons. The first-order valence-electron chi connectivity index (χ1n) is 5.35. The van der Waals surface area contributed by atoms with Crippen LogP contribution < -0.4 is 4.74 Å². The van der Waals surface area contributed by atoms with Gasteiger partial charge in [0, 0.05) is 18.0 Å². The van der Waals surface area contributed by atoms with Gasteiger partial charge in [0.1, 0.15) is 23.7 Å². The van der Waals surface area contributed by atoms with Crippen molar-refractivity contribution in [2.24, 2.45) is 0 Å². The first-order chi connectivity index (χ1) is 9.08. The normalized spacial score (nSPS) is 10.2. The van der Waals surface area contributed by atoms with Gasteiger partial charge in [-0.1, -0.05) is 6.07 Å². The molecular weight excluding hydrogens is 314 g/mol. The van der Waals surface area contributed by atoms with Gasteiger partial charge in [0.05, 0.1) is 4.47 Å². The van der Waals surface area contributed by atoms with Crippen LogP contribution in [0.1, 0.15) is 15.9 Å². The van der Waals surface area contributed by atoms with E-state index in [-0.39, 0.29) is 22.4 Å². The third-order valence-electron chi connectivity index (χ3n) is 2.40. The highest BCUT2D eigenvalue weighted by Gasteiger charge is 2.14. The van der Waals surface area contributed by atoms with Crippen molar-refractivity contribution in [3.8, 4) is 11.5 Å². The highest BCUT2D eigenvalue weighted by atomic mass is 79.9. The van der Waals surface area contributed by atoms with Crippen LogP contribution in [0.25, 0.3) is 0 Å². The van der Waals surface area contributed by atoms with Crippen LogP contribution in [0.5, 0.6) is 11.5 Å². The number of carboxylic acids is 1. The molecule has 0 unspecified atom stereocenters. The summed E-state index contributed by atoms with van der Waals surface area (Å²) in [5, 5.41) is 18.5. The minimum atomic E-state index is -1.22. The molecule has 2 N–H and O–H groups in total. The molecule has 1 heterocycles. The van der Waals surface area contributed by atoms with E-state index in [1.165, 1.54) is 12.1 Å². The quantitative estimate of drug-likeness (QED) is 0.904. The van der Waals surface area contributed by atoms with Crippen molar-refractivity contribution >= 4 is 21.9 Å². The number of rotatable bonds is 4. The number of halogens is 1. The van der Waals surface area contributed by atoms with E-state index < -0.39 is 5.97 Å². The lowest BCUT2D eigenvalue weighted by Crippen LogP contribution is -2.00. The zero-order valence-electron chi connectivity index (χ0n) is 9.71. The maximum Gasteiger partial charge on any atom is 0.339 e. The Balaban J connectivity index is 2.19. The molecule has 2 aromatic rings. The van der Waals surface area contributed by atoms with Gasteiger partial charge in [-0.05, 0) is 34.1 Å². The van der Waals surface area contributed by atoms with Gasteiger partial charge in [-0.3, -0.25) is 4.98 Å². The molecule has 0 aliphatic rings. The number of aromatic nitrogens is 1. The number of carboxylic acid groups (broad SMARTS) is 1. The van der Waals surface area contributed by atoms with E-state index in [4.69, 9.17) is 9.84 Å². The van der Waals surface area contributed by atoms with E-state index in [1.807, 2.05) is 6.07 Å². The minimum Gasteiger partial charge on any atom is -0.506 e. The van der Waals surface area contributed by atoms with Crippen LogP contribution in [0.4, 0.5) is 0 Å². The van der Waals surface area contributed by atoms with Crippen molar-refractivity contribution in [3.05, 3.63) is 52.3 Å². The summed E-state index contributed by atoms with van der Waals surface area (Å²) in [5.74, 6) is -1.18. The smallest absolute Gasteiger partial charge is 0.339 e. The largest absolute Gasteiger partial charge is 0.506 e. The van der Waals surface area contributed by atoms with Crippen molar-refractivity contribution < 1.29 is 19.7 Å². The molecule has 0 saturated carbocycles. The number of nitrogens with zero attached hydrogens (tertiary/aromatic N) is 1. The fraction of sp³-hybridized carbons (Fsp3) is 0.0769. The van der Waals surface area contributed by atoms with E-state index in [0.29, 0.717) is 5.75 Å². The van der Waals surface area contributed by atoms with Crippen LogP contribution in [0.2, 0.25) is 0 Å². The Morgan fingerprint density at radius 2 is 2.21 bits per heavy atom. The monoisotopic (exact) mass is 323 g/mol. The molecule has 0 saturated heterocycles. The summed E-state index contributed by atoms with van der Waals surface area (Å²) in [6.45, 7) is 0.268. The second-order valence-corrected chi connectivity index (χ2v) is 4.61. The molecule has 6 heteroatoms. The lowest BCUT2D eigenvalue weighted by Gasteiger charge is -2.09. The molecule has 2 rings (SSSR count). The summed E-state index contributed by atoms with van der Waals surface area (Å²) in [6, 6.07) is 6.42. The summed E-state index contributed by atoms with van der Waals surface area (Å²) >= 11 is 3.09. The minimum absolute atomic E-state index is 0.212. The first kappa shape index (κ1) is 13.4. The van der Waals surface area contributed by atoms with Crippen LogP contribution in [0, 0.1) is 0 Å². The Hall–Kier alpha value is -2.08. The Morgan fingerprint density at radius 3 is 2.84 bits per heavy atom. The molecule has 1 aromatic carbocycles. The molecule has 5 nitrogen and oxygen atoms in total. The van der Waals surface area contributed by atoms with Crippen molar-refractivity contribution in [2.45, 2.75) is 6.61 Å². The number of pyridine rings is 1. The van der Waals surface area contributed by atoms with Crippen molar-refractivity contribution in [2.75, 3.05) is 0 Å². The highest BCUT2D eigenvalue weighted by molar-refractivity contribution is 9.10. The van der Waals surface area contributed by atoms with Crippen molar-refractivity contribution in [3.63, 3.8) is 0 Å². The van der Waals surface area contributed by atoms with Crippen LogP contribution in [0.15, 0.2) is 41.1 Å². The Labute approximate surface area is 117 Å². The zero-order chi connectivity index (χ0) is 13.8. The number of phenols is 1. The Bertz CT molecular complexity index is 601. The van der Waals surface area contributed by atoms with Gasteiger partial charge in [0.25, 0.3) is 0 Å². The molecule has 1 aromatic heterocycles. The summed E-state index contributed by atoms with van der Waals surface area (Å²) in [6.07, 6.45) is 3.32. The summed E-state index contributed by atoms with van der Waals surface area (Å²) in [5.41, 5.74) is 0.652. The fourth-order valence-corrected chi connectivity index (χ4v) is 1.91. The fourth-order valence-electron chi connectivity index (χ4n) is 1.47. The predicted molar refractivity (Wildman–Crippen MR) is 71.3 cm³/mol. The van der Waals surface area contributed by atoms with Gasteiger partial charge in [-0.25, -0.2) is 4.79 Å². The molecule has 0 amide bonds. The van der Waals surface area contributed by atoms with Gasteiger partial charge in [-0.15, -0.1) is 0 Å². The zero-order valence-corrected chi connectivity index (χ0v) is 11.3. The summed E-state index contributed by atoms with van der Waals surface area (Å²) < 4.78 is 5.75. The predicted octanol–water partition coefficient (Wildman–Crippen LogP) is 2.83. The third kappa shape index (κ3) is 3.23. The second-order valence-electron chi connectivity index (χ2n) is 3.76. The second kappa shape index (κ2) is 5.71. The molecule has 19 heavy (non-hydrogen) atoms. The van der Waals surface area contributed by atoms with E-state index in [1.54, 1.807) is 18.5 Å². The summed E-state index contributed by atoms with van der Waals surface area (Å²) in [7, 11) is 0. The standard InChI is InChI=1S/C13H10BrNO4/c14-11-5-9(4-10(12(11)16)13(17)18)19-7-8-2-1-3-15-6-8/h1-6,16H,7H2,(H,17,18). The number of benzene rings is 1. The lowest BCUT2D eigenvalue weighted by atomic mass is 10.2. The summed E-state index contributed by atoms with van der Waals surface area (Å²) in [4.78, 5) is 14.9. The maximum atomic E-state index is 11.0. The number of carbonyl (C=O) groups is 1. The number of hydrogen-bond acceptors (Lipinski definition) is 4. The van der Waals surface area contributed by atoms with Crippen molar-refractivity contribution in [1.29, 1.82) is 0 Å². The van der Waals surface area contributed by atoms with E-state index >= 15 is 0 Å². The third-order valence-corrected chi connectivity index (χ3v) is 3.00. The lowest BCUT2D eigenvalue weighted by molar-refractivity contribution is 0.0693. The molecule has 0 fully saturated rings. The number of ether oxygens (including phenoxy) is 1. The van der Waals surface area contributed by atoms with Gasteiger partial charge in [0.15, 0.2) is 0 Å². The molecule has 0 radical (unpaired) electrons. The van der Waals surface area contributed by atoms with Crippen molar-refractivity contribution in [1.82, 2.24) is 4.98 Å². The van der Waals surface area contributed by atoms with E-state index in [2.05, 4.69) is 20.9 Å². The molecule has 0 bridgehead atoms. The van der Waals surface area contributed by atoms with Crippen LogP contribution in [-0.2, 0) is 6.61 Å². The number of hydrogen-bond donors (Lipinski definition) is 2. The first-order valence-corrected chi connectivity index (χ1v) is 6.14. The maximum absolute atomic E-state index is 11.0. The average molecular weight is 324 g/mol. The van der Waals surface area contributed by atoms with Gasteiger partial charge >= 0.3 is 5.97 Å². The average Bonchev–Trinajstić information content (AvgIpc) is 2.41. The highest BCUT2D eigenvalue weighted by Crippen LogP contribution is 2.32. The number of aromatic carboxylic acids is 1. The number of aromatic hydroxyl groups is 1. The molecular formula is C13H10BrNO4. The van der Waals surface area contributed by atoms with Gasteiger partial charge in [0.2, 0.25) is 0 Å². The van der Waals surface area contributed by atoms with Crippen LogP contribution in [-0.4, -0.2) is 21.2 Å². The van der Waals surface area contributed by atoms with Crippen LogP contribution >= 0.6 is 15.9 Å². The topological polar surface area (TPSA) is 79.7 Å². The van der Waals surface area contributed by atoms with Gasteiger partial charge < -0.3 is 14.9 Å². The molecule has 0 aliphatic carbocycles. The molecule has 0 aliphatic heterocycles. The van der Waals surface area contributed by atoms with E-state index in [9.17, 15) is 9.90 Å². The molecule has 0 spiro atoms. The SMILES string of the molecule is O=C(O)c1cc(OCc2cccnc2)cc(Br)c1O. The Kier molecular flexibility index (Phi) is 4.01. The molecule has 0 atom stereocenters. The van der Waals surface area contributed by atoms with Gasteiger partial charge in [-0.2, -0.15) is 0 Å². The van der Waals surface area contributed by atoms with Crippen LogP contribution in [0.3, 0.4) is 0 Å².